The fourth-order valence-electron chi connectivity index (χ4n) is 2.03. The van der Waals surface area contributed by atoms with Gasteiger partial charge in [-0.15, -0.1) is 0 Å². The summed E-state index contributed by atoms with van der Waals surface area (Å²) in [6.45, 7) is 1.53. The van der Waals surface area contributed by atoms with Crippen LogP contribution in [-0.4, -0.2) is 25.5 Å². The maximum Gasteiger partial charge on any atom is 0.336 e. The van der Waals surface area contributed by atoms with Crippen LogP contribution in [0.25, 0.3) is 11.0 Å². The summed E-state index contributed by atoms with van der Waals surface area (Å²) < 4.78 is 15.3. The van der Waals surface area contributed by atoms with E-state index in [4.69, 9.17) is 13.9 Å². The fraction of sp³-hybridized carbons (Fsp3) is 0.312. The van der Waals surface area contributed by atoms with Gasteiger partial charge in [0.15, 0.2) is 0 Å². The van der Waals surface area contributed by atoms with Crippen molar-refractivity contribution in [3.63, 3.8) is 0 Å². The Balaban J connectivity index is 2.09. The number of benzene rings is 1. The molecule has 0 aliphatic rings. The molecule has 0 saturated carbocycles. The standard InChI is InChI=1S/C16H17NO6/c1-10(18)17-6-5-15(19)22-9-11-7-16(20)23-14-8-12(21-2)3-4-13(11)14/h3-4,7-8H,5-6,9H2,1-2H3,(H,17,18). The van der Waals surface area contributed by atoms with Crippen molar-refractivity contribution < 1.29 is 23.5 Å². The van der Waals surface area contributed by atoms with Gasteiger partial charge in [-0.2, -0.15) is 0 Å². The quantitative estimate of drug-likeness (QED) is 0.638. The third-order valence-electron chi connectivity index (χ3n) is 3.13. The number of esters is 1. The predicted molar refractivity (Wildman–Crippen MR) is 82.1 cm³/mol. The topological polar surface area (TPSA) is 94.8 Å². The van der Waals surface area contributed by atoms with Crippen molar-refractivity contribution in [2.75, 3.05) is 13.7 Å². The minimum atomic E-state index is -0.532. The van der Waals surface area contributed by atoms with E-state index in [0.717, 1.165) is 0 Å². The first kappa shape index (κ1) is 16.5. The number of hydrogen-bond donors (Lipinski definition) is 1. The third-order valence-corrected chi connectivity index (χ3v) is 3.13. The number of carbonyl (C=O) groups excluding carboxylic acids is 2. The Bertz CT molecular complexity index is 780. The minimum absolute atomic E-state index is 0.0483. The molecule has 0 fully saturated rings. The number of amides is 1. The Morgan fingerprint density at radius 3 is 2.74 bits per heavy atom. The summed E-state index contributed by atoms with van der Waals surface area (Å²) in [5.74, 6) is -0.114. The summed E-state index contributed by atoms with van der Waals surface area (Å²) in [7, 11) is 1.51. The first-order valence-electron chi connectivity index (χ1n) is 7.00. The van der Waals surface area contributed by atoms with Gasteiger partial charge in [0.05, 0.1) is 13.5 Å². The van der Waals surface area contributed by atoms with E-state index in [1.165, 1.54) is 20.1 Å². The molecule has 1 N–H and O–H groups in total. The van der Waals surface area contributed by atoms with E-state index in [2.05, 4.69) is 5.32 Å². The van der Waals surface area contributed by atoms with Gasteiger partial charge in [0.25, 0.3) is 0 Å². The Labute approximate surface area is 132 Å². The molecule has 2 rings (SSSR count). The molecule has 1 aromatic carbocycles. The van der Waals surface area contributed by atoms with Crippen LogP contribution in [0.5, 0.6) is 5.75 Å². The van der Waals surface area contributed by atoms with Crippen LogP contribution in [0.1, 0.15) is 18.9 Å². The zero-order valence-corrected chi connectivity index (χ0v) is 12.9. The first-order valence-corrected chi connectivity index (χ1v) is 7.00. The number of nitrogens with one attached hydrogen (secondary N) is 1. The molecule has 1 aromatic heterocycles. The summed E-state index contributed by atoms with van der Waals surface area (Å²) in [6.07, 6.45) is 0.0623. The predicted octanol–water partition coefficient (Wildman–Crippen LogP) is 1.37. The normalized spacial score (nSPS) is 10.3. The van der Waals surface area contributed by atoms with Gasteiger partial charge in [-0.1, -0.05) is 0 Å². The number of ether oxygens (including phenoxy) is 2. The van der Waals surface area contributed by atoms with Gasteiger partial charge < -0.3 is 19.2 Å². The van der Waals surface area contributed by atoms with Gasteiger partial charge in [-0.25, -0.2) is 4.79 Å². The maximum absolute atomic E-state index is 11.6. The van der Waals surface area contributed by atoms with Crippen LogP contribution in [0.2, 0.25) is 0 Å². The first-order chi connectivity index (χ1) is 11.0. The van der Waals surface area contributed by atoms with E-state index in [0.29, 0.717) is 22.3 Å². The Kier molecular flexibility index (Phi) is 5.35. The van der Waals surface area contributed by atoms with Crippen LogP contribution in [0.15, 0.2) is 33.5 Å². The second-order valence-corrected chi connectivity index (χ2v) is 4.85. The molecule has 0 aliphatic carbocycles. The fourth-order valence-corrected chi connectivity index (χ4v) is 2.03. The number of rotatable bonds is 6. The minimum Gasteiger partial charge on any atom is -0.497 e. The molecular formula is C16H17NO6. The average Bonchev–Trinajstić information content (AvgIpc) is 2.51. The van der Waals surface area contributed by atoms with Crippen molar-refractivity contribution in [1.29, 1.82) is 0 Å². The van der Waals surface area contributed by atoms with Gasteiger partial charge in [-0.3, -0.25) is 9.59 Å². The lowest BCUT2D eigenvalue weighted by molar-refractivity contribution is -0.144. The van der Waals surface area contributed by atoms with Crippen molar-refractivity contribution in [2.24, 2.45) is 0 Å². The van der Waals surface area contributed by atoms with Gasteiger partial charge in [0, 0.05) is 36.6 Å². The largest absolute Gasteiger partial charge is 0.497 e. The van der Waals surface area contributed by atoms with Crippen LogP contribution >= 0.6 is 0 Å². The van der Waals surface area contributed by atoms with E-state index in [-0.39, 0.29) is 25.5 Å². The molecule has 0 atom stereocenters. The van der Waals surface area contributed by atoms with Crippen molar-refractivity contribution >= 4 is 22.8 Å². The zero-order valence-electron chi connectivity index (χ0n) is 12.9. The second-order valence-electron chi connectivity index (χ2n) is 4.85. The number of fused-ring (bicyclic) bond motifs is 1. The summed E-state index contributed by atoms with van der Waals surface area (Å²) in [6, 6.07) is 6.34. The average molecular weight is 319 g/mol. The molecule has 0 radical (unpaired) electrons. The molecule has 0 saturated heterocycles. The van der Waals surface area contributed by atoms with Crippen LogP contribution in [0.4, 0.5) is 0 Å². The zero-order chi connectivity index (χ0) is 16.8. The highest BCUT2D eigenvalue weighted by Gasteiger charge is 2.10. The highest BCUT2D eigenvalue weighted by atomic mass is 16.5. The second kappa shape index (κ2) is 7.44. The van der Waals surface area contributed by atoms with E-state index in [1.807, 2.05) is 0 Å². The van der Waals surface area contributed by atoms with E-state index in [9.17, 15) is 14.4 Å². The van der Waals surface area contributed by atoms with Crippen molar-refractivity contribution in [3.05, 3.63) is 40.2 Å². The Morgan fingerprint density at radius 2 is 2.04 bits per heavy atom. The molecule has 7 heteroatoms. The SMILES string of the molecule is COc1ccc2c(COC(=O)CCNC(C)=O)cc(=O)oc2c1. The summed E-state index contributed by atoms with van der Waals surface area (Å²) in [4.78, 5) is 33.9. The monoisotopic (exact) mass is 319 g/mol. The van der Waals surface area contributed by atoms with E-state index < -0.39 is 11.6 Å². The van der Waals surface area contributed by atoms with Gasteiger partial charge in [0.1, 0.15) is 17.9 Å². The van der Waals surface area contributed by atoms with Crippen LogP contribution in [0.3, 0.4) is 0 Å². The lowest BCUT2D eigenvalue weighted by atomic mass is 10.1. The molecule has 1 heterocycles. The van der Waals surface area contributed by atoms with Gasteiger partial charge >= 0.3 is 11.6 Å². The molecule has 0 spiro atoms. The number of hydrogen-bond acceptors (Lipinski definition) is 6. The highest BCUT2D eigenvalue weighted by Crippen LogP contribution is 2.23. The molecule has 2 aromatic rings. The van der Waals surface area contributed by atoms with Gasteiger partial charge in [-0.05, 0) is 12.1 Å². The molecule has 0 unspecified atom stereocenters. The third kappa shape index (κ3) is 4.57. The van der Waals surface area contributed by atoms with E-state index in [1.54, 1.807) is 18.2 Å². The lowest BCUT2D eigenvalue weighted by Crippen LogP contribution is -2.23. The van der Waals surface area contributed by atoms with Crippen LogP contribution < -0.4 is 15.7 Å². The van der Waals surface area contributed by atoms with Crippen molar-refractivity contribution in [3.8, 4) is 5.75 Å². The van der Waals surface area contributed by atoms with E-state index >= 15 is 0 Å². The van der Waals surface area contributed by atoms with Crippen LogP contribution in [-0.2, 0) is 20.9 Å². The molecule has 7 nitrogen and oxygen atoms in total. The van der Waals surface area contributed by atoms with Crippen molar-refractivity contribution in [2.45, 2.75) is 20.0 Å². The smallest absolute Gasteiger partial charge is 0.336 e. The molecular weight excluding hydrogens is 302 g/mol. The lowest BCUT2D eigenvalue weighted by Gasteiger charge is -2.08. The van der Waals surface area contributed by atoms with Gasteiger partial charge in [0.2, 0.25) is 5.91 Å². The molecule has 0 aliphatic heterocycles. The number of methoxy groups -OCH3 is 1. The molecule has 0 bridgehead atoms. The Morgan fingerprint density at radius 1 is 1.26 bits per heavy atom. The molecule has 122 valence electrons. The van der Waals surface area contributed by atoms with Crippen molar-refractivity contribution in [1.82, 2.24) is 5.32 Å². The molecule has 23 heavy (non-hydrogen) atoms. The highest BCUT2D eigenvalue weighted by molar-refractivity contribution is 5.81. The summed E-state index contributed by atoms with van der Waals surface area (Å²) >= 11 is 0. The summed E-state index contributed by atoms with van der Waals surface area (Å²) in [5, 5.41) is 3.17. The summed E-state index contributed by atoms with van der Waals surface area (Å²) in [5.41, 5.74) is 0.378. The Hall–Kier alpha value is -2.83. The maximum atomic E-state index is 11.6. The van der Waals surface area contributed by atoms with Crippen LogP contribution in [0, 0.1) is 0 Å². The molecule has 1 amide bonds. The number of carbonyl (C=O) groups is 2.